The number of anilines is 1. The van der Waals surface area contributed by atoms with Crippen LogP contribution in [0.2, 0.25) is 0 Å². The van der Waals surface area contributed by atoms with Crippen LogP contribution >= 0.6 is 0 Å². The van der Waals surface area contributed by atoms with Gasteiger partial charge in [0.15, 0.2) is 0 Å². The summed E-state index contributed by atoms with van der Waals surface area (Å²) in [7, 11) is 0. The zero-order chi connectivity index (χ0) is 28.2. The van der Waals surface area contributed by atoms with Crippen LogP contribution in [0, 0.1) is 0 Å². The third kappa shape index (κ3) is 23.5. The van der Waals surface area contributed by atoms with Crippen LogP contribution in [-0.4, -0.2) is 51.5 Å². The van der Waals surface area contributed by atoms with Gasteiger partial charge in [0.1, 0.15) is 19.0 Å². The molecular weight excluding hydrogens is 494 g/mol. The Morgan fingerprint density at radius 3 is 1.59 bits per heavy atom. The van der Waals surface area contributed by atoms with E-state index in [9.17, 15) is 9.59 Å². The largest absolute Gasteiger partial charge is 0.491 e. The standard InChI is InChI=1S/C32H55NO6/c1-3-4-5-6-7-8-9-10-11-12-13-14-15-16-17-18-32(35)39-28-26-37-24-23-36-25-27-38-31-21-19-30(20-22-31)33-29(2)34/h19-22H,3-18,23-28H2,1-2H3,(H,33,34). The van der Waals surface area contributed by atoms with Gasteiger partial charge in [-0.1, -0.05) is 96.8 Å². The number of rotatable bonds is 27. The molecule has 0 fully saturated rings. The van der Waals surface area contributed by atoms with E-state index in [1.165, 1.54) is 90.4 Å². The molecule has 1 aromatic rings. The molecule has 0 spiro atoms. The van der Waals surface area contributed by atoms with Crippen LogP contribution in [0.5, 0.6) is 5.75 Å². The van der Waals surface area contributed by atoms with Gasteiger partial charge in [0.05, 0.1) is 26.4 Å². The van der Waals surface area contributed by atoms with E-state index in [1.54, 1.807) is 24.3 Å². The molecule has 224 valence electrons. The Morgan fingerprint density at radius 2 is 1.08 bits per heavy atom. The number of hydrogen-bond donors (Lipinski definition) is 1. The number of carbonyl (C=O) groups excluding carboxylic acids is 2. The van der Waals surface area contributed by atoms with Crippen molar-refractivity contribution in [2.45, 2.75) is 117 Å². The van der Waals surface area contributed by atoms with E-state index in [4.69, 9.17) is 18.9 Å². The maximum Gasteiger partial charge on any atom is 0.305 e. The fraction of sp³-hybridized carbons (Fsp3) is 0.750. The van der Waals surface area contributed by atoms with Crippen molar-refractivity contribution in [3.63, 3.8) is 0 Å². The summed E-state index contributed by atoms with van der Waals surface area (Å²) in [6.07, 6.45) is 20.3. The van der Waals surface area contributed by atoms with Gasteiger partial charge in [0, 0.05) is 19.0 Å². The SMILES string of the molecule is CCCCCCCCCCCCCCCCCC(=O)OCCOCCOCCOc1ccc(NC(C)=O)cc1. The molecule has 1 N–H and O–H groups in total. The summed E-state index contributed by atoms with van der Waals surface area (Å²) in [5, 5.41) is 2.71. The molecule has 1 rings (SSSR count). The zero-order valence-corrected chi connectivity index (χ0v) is 24.8. The van der Waals surface area contributed by atoms with Crippen molar-refractivity contribution < 1.29 is 28.5 Å². The second-order valence-corrected chi connectivity index (χ2v) is 10.2. The predicted molar refractivity (Wildman–Crippen MR) is 158 cm³/mol. The molecule has 0 aliphatic carbocycles. The van der Waals surface area contributed by atoms with Gasteiger partial charge < -0.3 is 24.3 Å². The molecule has 0 aliphatic rings. The zero-order valence-electron chi connectivity index (χ0n) is 24.8. The van der Waals surface area contributed by atoms with Gasteiger partial charge >= 0.3 is 5.97 Å². The lowest BCUT2D eigenvalue weighted by Crippen LogP contribution is -2.14. The van der Waals surface area contributed by atoms with E-state index in [0.717, 1.165) is 24.3 Å². The highest BCUT2D eigenvalue weighted by atomic mass is 16.6. The van der Waals surface area contributed by atoms with Gasteiger partial charge in [-0.05, 0) is 30.7 Å². The van der Waals surface area contributed by atoms with E-state index in [1.807, 2.05) is 0 Å². The first kappa shape index (κ1) is 34.9. The fourth-order valence-electron chi connectivity index (χ4n) is 4.31. The monoisotopic (exact) mass is 549 g/mol. The number of hydrogen-bond acceptors (Lipinski definition) is 6. The highest BCUT2D eigenvalue weighted by Gasteiger charge is 2.03. The van der Waals surface area contributed by atoms with Crippen molar-refractivity contribution >= 4 is 17.6 Å². The highest BCUT2D eigenvalue weighted by Crippen LogP contribution is 2.16. The quantitative estimate of drug-likeness (QED) is 0.0888. The second kappa shape index (κ2) is 26.1. The van der Waals surface area contributed by atoms with Crippen LogP contribution in [0.3, 0.4) is 0 Å². The summed E-state index contributed by atoms with van der Waals surface area (Å²) in [5.74, 6) is 0.481. The summed E-state index contributed by atoms with van der Waals surface area (Å²) in [6, 6.07) is 7.18. The van der Waals surface area contributed by atoms with Crippen LogP contribution in [0.25, 0.3) is 0 Å². The molecule has 0 radical (unpaired) electrons. The Kier molecular flexibility index (Phi) is 23.4. The van der Waals surface area contributed by atoms with Gasteiger partial charge in [-0.15, -0.1) is 0 Å². The van der Waals surface area contributed by atoms with E-state index in [0.29, 0.717) is 39.5 Å². The smallest absolute Gasteiger partial charge is 0.305 e. The molecule has 1 aromatic carbocycles. The molecule has 0 aromatic heterocycles. The number of ether oxygens (including phenoxy) is 4. The van der Waals surface area contributed by atoms with E-state index in [2.05, 4.69) is 12.2 Å². The van der Waals surface area contributed by atoms with E-state index >= 15 is 0 Å². The Morgan fingerprint density at radius 1 is 0.615 bits per heavy atom. The minimum Gasteiger partial charge on any atom is -0.491 e. The van der Waals surface area contributed by atoms with Crippen molar-refractivity contribution in [3.8, 4) is 5.75 Å². The third-order valence-electron chi connectivity index (χ3n) is 6.52. The van der Waals surface area contributed by atoms with Crippen molar-refractivity contribution in [1.82, 2.24) is 0 Å². The van der Waals surface area contributed by atoms with Crippen LogP contribution in [0.4, 0.5) is 5.69 Å². The van der Waals surface area contributed by atoms with Gasteiger partial charge in [-0.25, -0.2) is 0 Å². The normalized spacial score (nSPS) is 10.9. The summed E-state index contributed by atoms with van der Waals surface area (Å²) in [5.41, 5.74) is 0.735. The van der Waals surface area contributed by atoms with Crippen molar-refractivity contribution in [3.05, 3.63) is 24.3 Å². The van der Waals surface area contributed by atoms with E-state index in [-0.39, 0.29) is 18.5 Å². The lowest BCUT2D eigenvalue weighted by atomic mass is 10.0. The molecule has 0 saturated carbocycles. The Balaban J connectivity index is 1.77. The van der Waals surface area contributed by atoms with Crippen molar-refractivity contribution in [1.29, 1.82) is 0 Å². The molecule has 39 heavy (non-hydrogen) atoms. The lowest BCUT2D eigenvalue weighted by Gasteiger charge is -2.09. The summed E-state index contributed by atoms with van der Waals surface area (Å²) >= 11 is 0. The molecule has 0 unspecified atom stereocenters. The maximum absolute atomic E-state index is 11.8. The third-order valence-corrected chi connectivity index (χ3v) is 6.52. The topological polar surface area (TPSA) is 83.1 Å². The molecule has 7 nitrogen and oxygen atoms in total. The van der Waals surface area contributed by atoms with Crippen LogP contribution in [0.15, 0.2) is 24.3 Å². The molecule has 0 saturated heterocycles. The van der Waals surface area contributed by atoms with Gasteiger partial charge in [-0.3, -0.25) is 9.59 Å². The van der Waals surface area contributed by atoms with E-state index < -0.39 is 0 Å². The van der Waals surface area contributed by atoms with Gasteiger partial charge in [0.2, 0.25) is 5.91 Å². The summed E-state index contributed by atoms with van der Waals surface area (Å²) in [4.78, 5) is 22.9. The molecule has 0 aliphatic heterocycles. The fourth-order valence-corrected chi connectivity index (χ4v) is 4.31. The minimum atomic E-state index is -0.133. The Hall–Kier alpha value is -2.12. The van der Waals surface area contributed by atoms with Gasteiger partial charge in [-0.2, -0.15) is 0 Å². The second-order valence-electron chi connectivity index (χ2n) is 10.2. The summed E-state index contributed by atoms with van der Waals surface area (Å²) in [6.45, 7) is 6.19. The van der Waals surface area contributed by atoms with Gasteiger partial charge in [0.25, 0.3) is 0 Å². The molecular formula is C32H55NO6. The number of nitrogens with one attached hydrogen (secondary N) is 1. The number of esters is 1. The molecule has 1 amide bonds. The van der Waals surface area contributed by atoms with Crippen molar-refractivity contribution in [2.75, 3.05) is 45.0 Å². The average molecular weight is 550 g/mol. The predicted octanol–water partition coefficient (Wildman–Crippen LogP) is 7.86. The number of carbonyl (C=O) groups is 2. The first-order valence-corrected chi connectivity index (χ1v) is 15.4. The number of amides is 1. The Labute approximate surface area is 237 Å². The lowest BCUT2D eigenvalue weighted by molar-refractivity contribution is -0.145. The first-order chi connectivity index (χ1) is 19.1. The van der Waals surface area contributed by atoms with Crippen molar-refractivity contribution in [2.24, 2.45) is 0 Å². The van der Waals surface area contributed by atoms with Crippen LogP contribution in [0.1, 0.15) is 117 Å². The highest BCUT2D eigenvalue weighted by molar-refractivity contribution is 5.88. The van der Waals surface area contributed by atoms with Crippen LogP contribution < -0.4 is 10.1 Å². The maximum atomic E-state index is 11.8. The molecule has 0 heterocycles. The Bertz CT molecular complexity index is 709. The first-order valence-electron chi connectivity index (χ1n) is 15.4. The van der Waals surface area contributed by atoms with Crippen LogP contribution in [-0.2, 0) is 23.8 Å². The molecule has 0 bridgehead atoms. The average Bonchev–Trinajstić information content (AvgIpc) is 2.92. The summed E-state index contributed by atoms with van der Waals surface area (Å²) < 4.78 is 21.8. The number of unbranched alkanes of at least 4 members (excludes halogenated alkanes) is 14. The molecule has 0 atom stereocenters. The molecule has 7 heteroatoms. The number of benzene rings is 1. The minimum absolute atomic E-state index is 0.104.